The van der Waals surface area contributed by atoms with Gasteiger partial charge in [-0.05, 0) is 25.2 Å². The molecular formula is C13H16FN3O3S. The number of carbonyl (C=O) groups excluding carboxylic acids is 1. The number of nitro benzene ring substituents is 1. The molecule has 0 aliphatic heterocycles. The van der Waals surface area contributed by atoms with Gasteiger partial charge in [-0.1, -0.05) is 6.42 Å². The summed E-state index contributed by atoms with van der Waals surface area (Å²) in [7, 11) is 0. The summed E-state index contributed by atoms with van der Waals surface area (Å²) in [5, 5.41) is 13.9. The van der Waals surface area contributed by atoms with Gasteiger partial charge in [-0.15, -0.1) is 0 Å². The number of halogens is 1. The molecule has 0 saturated heterocycles. The largest absolute Gasteiger partial charge is 0.393 e. The second kappa shape index (κ2) is 6.30. The third-order valence-electron chi connectivity index (χ3n) is 3.64. The number of hydrogen-bond donors (Lipinski definition) is 2. The molecule has 1 aromatic carbocycles. The molecule has 8 heteroatoms. The molecule has 0 spiro atoms. The molecule has 0 radical (unpaired) electrons. The molecule has 6 nitrogen and oxygen atoms in total. The zero-order chi connectivity index (χ0) is 15.6. The number of nitrogens with two attached hydrogens (primary N) is 1. The number of benzene rings is 1. The van der Waals surface area contributed by atoms with E-state index in [4.69, 9.17) is 5.73 Å². The van der Waals surface area contributed by atoms with E-state index in [0.29, 0.717) is 11.3 Å². The van der Waals surface area contributed by atoms with Crippen molar-refractivity contribution in [1.29, 1.82) is 0 Å². The Balaban J connectivity index is 2.25. The number of carbonyl (C=O) groups is 1. The quantitative estimate of drug-likeness (QED) is 0.505. The SMILES string of the molecule is CSC1CCCC1NC(=O)c1cc(F)cc([N+](=O)[O-])c1N. The molecule has 1 saturated carbocycles. The Kier molecular flexibility index (Phi) is 4.66. The summed E-state index contributed by atoms with van der Waals surface area (Å²) in [5.41, 5.74) is 4.54. The van der Waals surface area contributed by atoms with Crippen LogP contribution in [0.2, 0.25) is 0 Å². The highest BCUT2D eigenvalue weighted by Gasteiger charge is 2.29. The average Bonchev–Trinajstić information content (AvgIpc) is 2.87. The average molecular weight is 313 g/mol. The molecule has 3 N–H and O–H groups in total. The lowest BCUT2D eigenvalue weighted by Gasteiger charge is -2.19. The standard InChI is InChI=1S/C13H16FN3O3S/c1-21-11-4-2-3-9(11)16-13(18)8-5-7(14)6-10(12(8)15)17(19)20/h5-6,9,11H,2-4,15H2,1H3,(H,16,18). The third kappa shape index (κ3) is 3.26. The second-order valence-electron chi connectivity index (χ2n) is 4.93. The molecule has 1 amide bonds. The number of rotatable bonds is 4. The smallest absolute Gasteiger partial charge is 0.295 e. The number of nitrogens with one attached hydrogen (secondary N) is 1. The molecule has 1 aliphatic carbocycles. The third-order valence-corrected chi connectivity index (χ3v) is 4.81. The molecule has 2 rings (SSSR count). The van der Waals surface area contributed by atoms with Gasteiger partial charge in [0.1, 0.15) is 11.5 Å². The number of thioether (sulfide) groups is 1. The van der Waals surface area contributed by atoms with Crippen molar-refractivity contribution in [1.82, 2.24) is 5.32 Å². The van der Waals surface area contributed by atoms with Crippen LogP contribution in [0.1, 0.15) is 29.6 Å². The molecule has 114 valence electrons. The molecule has 21 heavy (non-hydrogen) atoms. The second-order valence-corrected chi connectivity index (χ2v) is 6.01. The maximum atomic E-state index is 13.4. The van der Waals surface area contributed by atoms with Crippen molar-refractivity contribution in [3.8, 4) is 0 Å². The summed E-state index contributed by atoms with van der Waals surface area (Å²) in [5.74, 6) is -1.42. The van der Waals surface area contributed by atoms with Gasteiger partial charge in [0.25, 0.3) is 11.6 Å². The first kappa shape index (κ1) is 15.6. The number of hydrogen-bond acceptors (Lipinski definition) is 5. The summed E-state index contributed by atoms with van der Waals surface area (Å²) >= 11 is 1.66. The maximum absolute atomic E-state index is 13.4. The number of nitrogen functional groups attached to an aromatic ring is 1. The van der Waals surface area contributed by atoms with E-state index < -0.39 is 22.3 Å². The van der Waals surface area contributed by atoms with Crippen LogP contribution in [-0.4, -0.2) is 28.4 Å². The van der Waals surface area contributed by atoms with Gasteiger partial charge in [0.15, 0.2) is 0 Å². The van der Waals surface area contributed by atoms with Gasteiger partial charge in [0.05, 0.1) is 16.6 Å². The Bertz CT molecular complexity index is 582. The van der Waals surface area contributed by atoms with Crippen LogP contribution in [0.15, 0.2) is 12.1 Å². The van der Waals surface area contributed by atoms with Gasteiger partial charge < -0.3 is 11.1 Å². The number of nitrogens with zero attached hydrogens (tertiary/aromatic N) is 1. The van der Waals surface area contributed by atoms with Crippen LogP contribution >= 0.6 is 11.8 Å². The lowest BCUT2D eigenvalue weighted by atomic mass is 10.1. The van der Waals surface area contributed by atoms with Gasteiger partial charge in [-0.25, -0.2) is 4.39 Å². The number of nitro groups is 1. The highest BCUT2D eigenvalue weighted by atomic mass is 32.2. The maximum Gasteiger partial charge on any atom is 0.295 e. The van der Waals surface area contributed by atoms with E-state index in [-0.39, 0.29) is 17.3 Å². The van der Waals surface area contributed by atoms with Crippen LogP contribution < -0.4 is 11.1 Å². The molecule has 1 aliphatic rings. The molecular weight excluding hydrogens is 297 g/mol. The minimum Gasteiger partial charge on any atom is -0.393 e. The van der Waals surface area contributed by atoms with Crippen molar-refractivity contribution in [2.24, 2.45) is 0 Å². The first-order valence-corrected chi connectivity index (χ1v) is 7.80. The van der Waals surface area contributed by atoms with Gasteiger partial charge in [0, 0.05) is 11.3 Å². The zero-order valence-corrected chi connectivity index (χ0v) is 12.3. The Morgan fingerprint density at radius 1 is 1.52 bits per heavy atom. The van der Waals surface area contributed by atoms with Crippen LogP contribution in [0.3, 0.4) is 0 Å². The van der Waals surface area contributed by atoms with Crippen molar-refractivity contribution in [3.05, 3.63) is 33.6 Å². The zero-order valence-electron chi connectivity index (χ0n) is 11.5. The first-order valence-electron chi connectivity index (χ1n) is 6.51. The van der Waals surface area contributed by atoms with Crippen molar-refractivity contribution < 1.29 is 14.1 Å². The summed E-state index contributed by atoms with van der Waals surface area (Å²) in [6, 6.07) is 1.63. The van der Waals surface area contributed by atoms with Crippen molar-refractivity contribution >= 4 is 29.0 Å². The van der Waals surface area contributed by atoms with Crippen molar-refractivity contribution in [2.45, 2.75) is 30.6 Å². The van der Waals surface area contributed by atoms with Crippen LogP contribution in [0.25, 0.3) is 0 Å². The van der Waals surface area contributed by atoms with Crippen molar-refractivity contribution in [3.63, 3.8) is 0 Å². The van der Waals surface area contributed by atoms with Gasteiger partial charge in [-0.3, -0.25) is 14.9 Å². The lowest BCUT2D eigenvalue weighted by Crippen LogP contribution is -2.39. The molecule has 0 heterocycles. The highest BCUT2D eigenvalue weighted by molar-refractivity contribution is 7.99. The highest BCUT2D eigenvalue weighted by Crippen LogP contribution is 2.30. The van der Waals surface area contributed by atoms with E-state index in [1.807, 2.05) is 6.26 Å². The Labute approximate surface area is 125 Å². The number of anilines is 1. The molecule has 2 atom stereocenters. The summed E-state index contributed by atoms with van der Waals surface area (Å²) < 4.78 is 13.4. The Morgan fingerprint density at radius 2 is 2.24 bits per heavy atom. The van der Waals surface area contributed by atoms with Crippen molar-refractivity contribution in [2.75, 3.05) is 12.0 Å². The predicted octanol–water partition coefficient (Wildman–Crippen LogP) is 2.33. The Morgan fingerprint density at radius 3 is 2.86 bits per heavy atom. The fraction of sp³-hybridized carbons (Fsp3) is 0.462. The summed E-state index contributed by atoms with van der Waals surface area (Å²) in [4.78, 5) is 22.2. The lowest BCUT2D eigenvalue weighted by molar-refractivity contribution is -0.384. The minimum absolute atomic E-state index is 0.0192. The van der Waals surface area contributed by atoms with Crippen LogP contribution in [-0.2, 0) is 0 Å². The topological polar surface area (TPSA) is 98.3 Å². The van der Waals surface area contributed by atoms with E-state index in [9.17, 15) is 19.3 Å². The van der Waals surface area contributed by atoms with Crippen LogP contribution in [0.4, 0.5) is 15.8 Å². The van der Waals surface area contributed by atoms with E-state index in [1.165, 1.54) is 0 Å². The van der Waals surface area contributed by atoms with Gasteiger partial charge in [0.2, 0.25) is 0 Å². The molecule has 1 aromatic rings. The van der Waals surface area contributed by atoms with E-state index >= 15 is 0 Å². The van der Waals surface area contributed by atoms with Gasteiger partial charge >= 0.3 is 0 Å². The van der Waals surface area contributed by atoms with Crippen LogP contribution in [0, 0.1) is 15.9 Å². The summed E-state index contributed by atoms with van der Waals surface area (Å²) in [6.45, 7) is 0. The predicted molar refractivity (Wildman–Crippen MR) is 79.9 cm³/mol. The molecule has 2 unspecified atom stereocenters. The monoisotopic (exact) mass is 313 g/mol. The molecule has 0 bridgehead atoms. The van der Waals surface area contributed by atoms with E-state index in [2.05, 4.69) is 5.32 Å². The van der Waals surface area contributed by atoms with E-state index in [0.717, 1.165) is 25.3 Å². The van der Waals surface area contributed by atoms with Gasteiger partial charge in [-0.2, -0.15) is 11.8 Å². The minimum atomic E-state index is -0.853. The molecule has 0 aromatic heterocycles. The normalized spacial score (nSPS) is 21.2. The summed E-state index contributed by atoms with van der Waals surface area (Å²) in [6.07, 6.45) is 4.82. The fourth-order valence-corrected chi connectivity index (χ4v) is 3.50. The van der Waals surface area contributed by atoms with Crippen LogP contribution in [0.5, 0.6) is 0 Å². The first-order chi connectivity index (χ1) is 9.93. The van der Waals surface area contributed by atoms with E-state index in [1.54, 1.807) is 11.8 Å². The fourth-order valence-electron chi connectivity index (χ4n) is 2.56. The number of amides is 1. The molecule has 1 fully saturated rings. The Hall–Kier alpha value is -1.83.